The van der Waals surface area contributed by atoms with Crippen LogP contribution in [0, 0.1) is 0 Å². The molecule has 2 aromatic rings. The van der Waals surface area contributed by atoms with Crippen molar-refractivity contribution >= 4 is 51.8 Å². The van der Waals surface area contributed by atoms with Gasteiger partial charge in [-0.25, -0.2) is 0 Å². The Morgan fingerprint density at radius 3 is 2.53 bits per heavy atom. The van der Waals surface area contributed by atoms with Crippen molar-refractivity contribution in [3.05, 3.63) is 43.4 Å². The number of carbonyl (C=O) groups is 1. The van der Waals surface area contributed by atoms with E-state index in [0.717, 1.165) is 11.3 Å². The van der Waals surface area contributed by atoms with E-state index in [9.17, 15) is 9.59 Å². The number of thiazole rings is 1. The lowest BCUT2D eigenvalue weighted by Crippen LogP contribution is -2.24. The van der Waals surface area contributed by atoms with Crippen LogP contribution in [0.2, 0.25) is 10.0 Å². The van der Waals surface area contributed by atoms with Gasteiger partial charge in [-0.1, -0.05) is 34.5 Å². The van der Waals surface area contributed by atoms with Crippen LogP contribution in [-0.2, 0) is 11.3 Å². The van der Waals surface area contributed by atoms with Gasteiger partial charge in [-0.3, -0.25) is 14.2 Å². The lowest BCUT2D eigenvalue weighted by molar-refractivity contribution is -0.116. The minimum absolute atomic E-state index is 0.0978. The largest absolute Gasteiger partial charge is 0.399 e. The van der Waals surface area contributed by atoms with Crippen LogP contribution in [0.5, 0.6) is 0 Å². The van der Waals surface area contributed by atoms with Crippen molar-refractivity contribution in [3.63, 3.8) is 0 Å². The summed E-state index contributed by atoms with van der Waals surface area (Å²) in [6, 6.07) is 2.97. The number of hydrogen-bond acceptors (Lipinski definition) is 4. The van der Waals surface area contributed by atoms with Gasteiger partial charge in [-0.05, 0) is 12.1 Å². The molecular weight excluding hydrogens is 309 g/mol. The molecule has 19 heavy (non-hydrogen) atoms. The normalized spacial score (nSPS) is 10.4. The third kappa shape index (κ3) is 3.28. The van der Waals surface area contributed by atoms with Gasteiger partial charge in [0.1, 0.15) is 6.54 Å². The number of halogens is 2. The molecule has 0 bridgehead atoms. The molecule has 100 valence electrons. The molecule has 0 unspecified atom stereocenters. The van der Waals surface area contributed by atoms with Gasteiger partial charge in [0.2, 0.25) is 5.91 Å². The predicted molar refractivity (Wildman–Crippen MR) is 78.1 cm³/mol. The summed E-state index contributed by atoms with van der Waals surface area (Å²) in [6.45, 7) is -0.0978. The highest BCUT2D eigenvalue weighted by Crippen LogP contribution is 2.32. The van der Waals surface area contributed by atoms with Crippen molar-refractivity contribution in [1.29, 1.82) is 0 Å². The van der Waals surface area contributed by atoms with Crippen molar-refractivity contribution < 1.29 is 4.79 Å². The van der Waals surface area contributed by atoms with Gasteiger partial charge >= 0.3 is 4.87 Å². The number of amides is 1. The fourth-order valence-electron chi connectivity index (χ4n) is 1.45. The van der Waals surface area contributed by atoms with Crippen LogP contribution >= 0.6 is 34.5 Å². The van der Waals surface area contributed by atoms with E-state index < -0.39 is 5.91 Å². The van der Waals surface area contributed by atoms with Gasteiger partial charge in [0.15, 0.2) is 0 Å². The Balaban J connectivity index is 2.16. The monoisotopic (exact) mass is 317 g/mol. The van der Waals surface area contributed by atoms with Crippen molar-refractivity contribution in [2.45, 2.75) is 6.54 Å². The number of anilines is 2. The molecule has 0 aliphatic rings. The third-order valence-corrected chi connectivity index (χ3v) is 3.58. The Hall–Kier alpha value is -1.50. The molecule has 0 aliphatic heterocycles. The topological polar surface area (TPSA) is 77.1 Å². The summed E-state index contributed by atoms with van der Waals surface area (Å²) in [5.74, 6) is -0.394. The molecule has 0 radical (unpaired) electrons. The molecule has 3 N–H and O–H groups in total. The smallest absolute Gasteiger partial charge is 0.307 e. The number of rotatable bonds is 3. The number of carbonyl (C=O) groups excluding carboxylic acids is 1. The van der Waals surface area contributed by atoms with Crippen molar-refractivity contribution in [1.82, 2.24) is 4.57 Å². The zero-order valence-corrected chi connectivity index (χ0v) is 11.9. The number of nitrogen functional groups attached to an aromatic ring is 1. The Bertz CT molecular complexity index is 658. The molecule has 1 amide bonds. The van der Waals surface area contributed by atoms with Gasteiger partial charge in [-0.2, -0.15) is 0 Å². The Morgan fingerprint density at radius 2 is 2.00 bits per heavy atom. The minimum atomic E-state index is -0.394. The molecule has 1 heterocycles. The minimum Gasteiger partial charge on any atom is -0.399 e. The Kier molecular flexibility index (Phi) is 4.14. The number of nitrogens with one attached hydrogen (secondary N) is 1. The number of nitrogens with zero attached hydrogens (tertiary/aromatic N) is 1. The quantitative estimate of drug-likeness (QED) is 0.853. The van der Waals surface area contributed by atoms with E-state index in [1.54, 1.807) is 11.6 Å². The molecule has 0 atom stereocenters. The summed E-state index contributed by atoms with van der Waals surface area (Å²) in [5, 5.41) is 4.66. The SMILES string of the molecule is Nc1cc(Cl)c(NC(=O)Cn2ccsc2=O)c(Cl)c1. The lowest BCUT2D eigenvalue weighted by atomic mass is 10.3. The summed E-state index contributed by atoms with van der Waals surface area (Å²) < 4.78 is 1.29. The second kappa shape index (κ2) is 5.64. The van der Waals surface area contributed by atoms with Crippen LogP contribution in [0.15, 0.2) is 28.5 Å². The van der Waals surface area contributed by atoms with E-state index in [2.05, 4.69) is 5.32 Å². The van der Waals surface area contributed by atoms with Crippen LogP contribution in [0.3, 0.4) is 0 Å². The first-order valence-corrected chi connectivity index (χ1v) is 6.79. The zero-order chi connectivity index (χ0) is 14.0. The van der Waals surface area contributed by atoms with Crippen LogP contribution in [0.25, 0.3) is 0 Å². The molecular formula is C11H9Cl2N3O2S. The fraction of sp³-hybridized carbons (Fsp3) is 0.0909. The van der Waals surface area contributed by atoms with E-state index in [0.29, 0.717) is 5.69 Å². The predicted octanol–water partition coefficient (Wildman–Crippen LogP) is 2.44. The van der Waals surface area contributed by atoms with Crippen LogP contribution < -0.4 is 15.9 Å². The van der Waals surface area contributed by atoms with Crippen molar-refractivity contribution in [2.24, 2.45) is 0 Å². The summed E-state index contributed by atoms with van der Waals surface area (Å²) in [5.41, 5.74) is 6.25. The van der Waals surface area contributed by atoms with E-state index in [1.165, 1.54) is 16.7 Å². The molecule has 0 saturated carbocycles. The summed E-state index contributed by atoms with van der Waals surface area (Å²) in [4.78, 5) is 22.9. The highest BCUT2D eigenvalue weighted by molar-refractivity contribution is 7.07. The van der Waals surface area contributed by atoms with E-state index in [1.807, 2.05) is 0 Å². The van der Waals surface area contributed by atoms with Gasteiger partial charge in [0.05, 0.1) is 15.7 Å². The fourth-order valence-corrected chi connectivity index (χ4v) is 2.64. The standard InChI is InChI=1S/C11H9Cl2N3O2S/c12-7-3-6(14)4-8(13)10(7)15-9(17)5-16-1-2-19-11(16)18/h1-4H,5,14H2,(H,15,17). The molecule has 2 rings (SSSR count). The van der Waals surface area contributed by atoms with Crippen molar-refractivity contribution in [3.8, 4) is 0 Å². The van der Waals surface area contributed by atoms with Crippen LogP contribution in [0.4, 0.5) is 11.4 Å². The summed E-state index contributed by atoms with van der Waals surface area (Å²) >= 11 is 12.9. The third-order valence-electron chi connectivity index (χ3n) is 2.29. The lowest BCUT2D eigenvalue weighted by Gasteiger charge is -2.10. The van der Waals surface area contributed by atoms with E-state index >= 15 is 0 Å². The highest BCUT2D eigenvalue weighted by Gasteiger charge is 2.12. The van der Waals surface area contributed by atoms with Gasteiger partial charge in [0.25, 0.3) is 0 Å². The number of hydrogen-bond donors (Lipinski definition) is 2. The number of benzene rings is 1. The first kappa shape index (κ1) is 13.9. The molecule has 1 aromatic heterocycles. The summed E-state index contributed by atoms with van der Waals surface area (Å²) in [7, 11) is 0. The molecule has 0 fully saturated rings. The molecule has 8 heteroatoms. The number of aromatic nitrogens is 1. The first-order chi connectivity index (χ1) is 8.97. The second-order valence-corrected chi connectivity index (χ2v) is 5.38. The average molecular weight is 318 g/mol. The van der Waals surface area contributed by atoms with Gasteiger partial charge in [-0.15, -0.1) is 0 Å². The maximum atomic E-state index is 11.8. The Morgan fingerprint density at radius 1 is 1.37 bits per heavy atom. The maximum absolute atomic E-state index is 11.8. The summed E-state index contributed by atoms with van der Waals surface area (Å²) in [6.07, 6.45) is 1.54. The van der Waals surface area contributed by atoms with Gasteiger partial charge < -0.3 is 11.1 Å². The molecule has 5 nitrogen and oxygen atoms in total. The Labute approximate surface area is 122 Å². The van der Waals surface area contributed by atoms with E-state index in [-0.39, 0.29) is 27.2 Å². The average Bonchev–Trinajstić information content (AvgIpc) is 2.69. The van der Waals surface area contributed by atoms with Crippen LogP contribution in [0.1, 0.15) is 0 Å². The van der Waals surface area contributed by atoms with Gasteiger partial charge in [0, 0.05) is 17.3 Å². The molecule has 0 spiro atoms. The highest BCUT2D eigenvalue weighted by atomic mass is 35.5. The molecule has 0 aliphatic carbocycles. The first-order valence-electron chi connectivity index (χ1n) is 5.15. The van der Waals surface area contributed by atoms with Crippen molar-refractivity contribution in [2.75, 3.05) is 11.1 Å². The molecule has 0 saturated heterocycles. The maximum Gasteiger partial charge on any atom is 0.307 e. The molecule has 1 aromatic carbocycles. The number of nitrogens with two attached hydrogens (primary N) is 1. The zero-order valence-electron chi connectivity index (χ0n) is 9.52. The van der Waals surface area contributed by atoms with E-state index in [4.69, 9.17) is 28.9 Å². The second-order valence-electron chi connectivity index (χ2n) is 3.70. The van der Waals surface area contributed by atoms with Crippen LogP contribution in [-0.4, -0.2) is 10.5 Å².